The van der Waals surface area contributed by atoms with E-state index in [9.17, 15) is 14.9 Å². The highest BCUT2D eigenvalue weighted by atomic mass is 16.6. The van der Waals surface area contributed by atoms with Gasteiger partial charge in [-0.15, -0.1) is 0 Å². The van der Waals surface area contributed by atoms with Gasteiger partial charge < -0.3 is 10.1 Å². The molecule has 0 aliphatic carbocycles. The lowest BCUT2D eigenvalue weighted by molar-refractivity contribution is -0.384. The molecule has 0 spiro atoms. The fourth-order valence-corrected chi connectivity index (χ4v) is 2.90. The molecular weight excluding hydrogens is 356 g/mol. The topological polar surface area (TPSA) is 81.5 Å². The number of nitrogens with zero attached hydrogens (tertiary/aromatic N) is 1. The molecule has 3 rings (SSSR count). The lowest BCUT2D eigenvalue weighted by Gasteiger charge is -2.20. The van der Waals surface area contributed by atoms with E-state index in [-0.39, 0.29) is 23.9 Å². The molecule has 0 fully saturated rings. The average Bonchev–Trinajstić information content (AvgIpc) is 2.74. The van der Waals surface area contributed by atoms with E-state index in [1.165, 1.54) is 12.1 Å². The molecule has 28 heavy (non-hydrogen) atoms. The highest BCUT2D eigenvalue weighted by molar-refractivity contribution is 5.96. The predicted molar refractivity (Wildman–Crippen MR) is 108 cm³/mol. The molecule has 1 atom stereocenters. The largest absolute Gasteiger partial charge is 0.497 e. The van der Waals surface area contributed by atoms with Crippen molar-refractivity contribution < 1.29 is 14.5 Å². The molecule has 1 N–H and O–H groups in total. The molecule has 3 aromatic carbocycles. The molecule has 0 aromatic heterocycles. The standard InChI is InChI=1S/C22H20N2O4/c1-28-20-13-7-17(8-14-20)22(25)15-21(16-5-3-2-4-6-16)23-18-9-11-19(12-10-18)24(26)27/h2-14,21,23H,15H2,1H3/t21-/m1/s1. The van der Waals surface area contributed by atoms with Crippen molar-refractivity contribution in [1.82, 2.24) is 0 Å². The van der Waals surface area contributed by atoms with Gasteiger partial charge in [0, 0.05) is 29.8 Å². The molecule has 0 bridgehead atoms. The Morgan fingerprint density at radius 3 is 2.21 bits per heavy atom. The third-order valence-corrected chi connectivity index (χ3v) is 4.42. The fourth-order valence-electron chi connectivity index (χ4n) is 2.90. The number of carbonyl (C=O) groups is 1. The lowest BCUT2D eigenvalue weighted by atomic mass is 9.97. The molecule has 3 aromatic rings. The maximum absolute atomic E-state index is 12.8. The number of ketones is 1. The molecule has 142 valence electrons. The number of nitrogens with one attached hydrogen (secondary N) is 1. The van der Waals surface area contributed by atoms with Crippen LogP contribution in [0.3, 0.4) is 0 Å². The van der Waals surface area contributed by atoms with E-state index in [0.717, 1.165) is 5.56 Å². The molecule has 0 unspecified atom stereocenters. The summed E-state index contributed by atoms with van der Waals surface area (Å²) in [6.45, 7) is 0. The summed E-state index contributed by atoms with van der Waals surface area (Å²) in [6, 6.07) is 22.6. The summed E-state index contributed by atoms with van der Waals surface area (Å²) in [5, 5.41) is 14.2. The van der Waals surface area contributed by atoms with Crippen LogP contribution in [0, 0.1) is 10.1 Å². The average molecular weight is 376 g/mol. The van der Waals surface area contributed by atoms with Crippen LogP contribution >= 0.6 is 0 Å². The number of Topliss-reactive ketones (excluding diaryl/α,β-unsaturated/α-hetero) is 1. The summed E-state index contributed by atoms with van der Waals surface area (Å²) in [7, 11) is 1.58. The number of carbonyl (C=O) groups excluding carboxylic acids is 1. The molecule has 0 radical (unpaired) electrons. The van der Waals surface area contributed by atoms with Crippen LogP contribution in [-0.2, 0) is 0 Å². The van der Waals surface area contributed by atoms with Crippen LogP contribution in [-0.4, -0.2) is 17.8 Å². The molecule has 0 aliphatic rings. The minimum atomic E-state index is -0.439. The smallest absolute Gasteiger partial charge is 0.269 e. The van der Waals surface area contributed by atoms with Gasteiger partial charge in [-0.05, 0) is 42.0 Å². The van der Waals surface area contributed by atoms with Gasteiger partial charge >= 0.3 is 0 Å². The van der Waals surface area contributed by atoms with Crippen molar-refractivity contribution in [3.8, 4) is 5.75 Å². The Hall–Kier alpha value is -3.67. The lowest BCUT2D eigenvalue weighted by Crippen LogP contribution is -2.15. The molecule has 0 amide bonds. The summed E-state index contributed by atoms with van der Waals surface area (Å²) < 4.78 is 5.13. The zero-order valence-electron chi connectivity index (χ0n) is 15.4. The van der Waals surface area contributed by atoms with Crippen molar-refractivity contribution in [2.45, 2.75) is 12.5 Å². The van der Waals surface area contributed by atoms with Gasteiger partial charge in [-0.1, -0.05) is 30.3 Å². The van der Waals surface area contributed by atoms with Gasteiger partial charge in [0.15, 0.2) is 5.78 Å². The number of non-ortho nitro benzene ring substituents is 1. The normalized spacial score (nSPS) is 11.5. The Morgan fingerprint density at radius 1 is 1.00 bits per heavy atom. The number of benzene rings is 3. The maximum Gasteiger partial charge on any atom is 0.269 e. The van der Waals surface area contributed by atoms with Gasteiger partial charge in [-0.2, -0.15) is 0 Å². The monoisotopic (exact) mass is 376 g/mol. The second-order valence-electron chi connectivity index (χ2n) is 6.27. The van der Waals surface area contributed by atoms with E-state index < -0.39 is 4.92 Å². The number of hydrogen-bond donors (Lipinski definition) is 1. The van der Waals surface area contributed by atoms with Crippen molar-refractivity contribution in [1.29, 1.82) is 0 Å². The van der Waals surface area contributed by atoms with Gasteiger partial charge in [-0.25, -0.2) is 0 Å². The molecule has 0 aliphatic heterocycles. The molecule has 0 heterocycles. The second kappa shape index (κ2) is 8.81. The minimum Gasteiger partial charge on any atom is -0.497 e. The number of ether oxygens (including phenoxy) is 1. The number of nitro benzene ring substituents is 1. The fraction of sp³-hybridized carbons (Fsp3) is 0.136. The summed E-state index contributed by atoms with van der Waals surface area (Å²) in [5.41, 5.74) is 2.30. The van der Waals surface area contributed by atoms with Gasteiger partial charge in [0.05, 0.1) is 18.1 Å². The zero-order valence-corrected chi connectivity index (χ0v) is 15.4. The van der Waals surface area contributed by atoms with E-state index in [4.69, 9.17) is 4.74 Å². The maximum atomic E-state index is 12.8. The van der Waals surface area contributed by atoms with Crippen LogP contribution in [0.5, 0.6) is 5.75 Å². The van der Waals surface area contributed by atoms with Crippen molar-refractivity contribution in [3.63, 3.8) is 0 Å². The number of nitro groups is 1. The minimum absolute atomic E-state index is 0.00841. The van der Waals surface area contributed by atoms with Crippen LogP contribution in [0.15, 0.2) is 78.9 Å². The summed E-state index contributed by atoms with van der Waals surface area (Å²) in [4.78, 5) is 23.2. The Labute approximate surface area is 162 Å². The quantitative estimate of drug-likeness (QED) is 0.339. The van der Waals surface area contributed by atoms with Crippen LogP contribution in [0.25, 0.3) is 0 Å². The summed E-state index contributed by atoms with van der Waals surface area (Å²) >= 11 is 0. The van der Waals surface area contributed by atoms with E-state index in [2.05, 4.69) is 5.32 Å². The van der Waals surface area contributed by atoms with E-state index in [0.29, 0.717) is 17.0 Å². The third kappa shape index (κ3) is 4.73. The molecule has 0 saturated carbocycles. The van der Waals surface area contributed by atoms with Crippen LogP contribution in [0.4, 0.5) is 11.4 Å². The Kier molecular flexibility index (Phi) is 6.01. The summed E-state index contributed by atoms with van der Waals surface area (Å²) in [5.74, 6) is 0.686. The van der Waals surface area contributed by atoms with Crippen molar-refractivity contribution in [3.05, 3.63) is 100 Å². The van der Waals surface area contributed by atoms with Crippen LogP contribution < -0.4 is 10.1 Å². The molecule has 6 heteroatoms. The highest BCUT2D eigenvalue weighted by Gasteiger charge is 2.18. The van der Waals surface area contributed by atoms with Gasteiger partial charge in [0.1, 0.15) is 5.75 Å². The Balaban J connectivity index is 1.80. The molecular formula is C22H20N2O4. The first-order chi connectivity index (χ1) is 13.6. The number of hydrogen-bond acceptors (Lipinski definition) is 5. The number of methoxy groups -OCH3 is 1. The SMILES string of the molecule is COc1ccc(C(=O)C[C@@H](Nc2ccc([N+](=O)[O-])cc2)c2ccccc2)cc1. The molecule has 6 nitrogen and oxygen atoms in total. The van der Waals surface area contributed by atoms with E-state index in [1.807, 2.05) is 30.3 Å². The Bertz CT molecular complexity index is 939. The number of rotatable bonds is 8. The highest BCUT2D eigenvalue weighted by Crippen LogP contribution is 2.26. The van der Waals surface area contributed by atoms with Crippen LogP contribution in [0.2, 0.25) is 0 Å². The predicted octanol–water partition coefficient (Wildman–Crippen LogP) is 5.03. The van der Waals surface area contributed by atoms with E-state index in [1.54, 1.807) is 43.5 Å². The molecule has 0 saturated heterocycles. The van der Waals surface area contributed by atoms with E-state index >= 15 is 0 Å². The second-order valence-corrected chi connectivity index (χ2v) is 6.27. The first-order valence-electron chi connectivity index (χ1n) is 8.80. The van der Waals surface area contributed by atoms with Gasteiger partial charge in [0.2, 0.25) is 0 Å². The zero-order chi connectivity index (χ0) is 19.9. The van der Waals surface area contributed by atoms with Crippen molar-refractivity contribution in [2.24, 2.45) is 0 Å². The van der Waals surface area contributed by atoms with Crippen molar-refractivity contribution in [2.75, 3.05) is 12.4 Å². The van der Waals surface area contributed by atoms with Crippen molar-refractivity contribution >= 4 is 17.2 Å². The first kappa shape index (κ1) is 19.1. The van der Waals surface area contributed by atoms with Gasteiger partial charge in [0.25, 0.3) is 5.69 Å². The summed E-state index contributed by atoms with van der Waals surface area (Å²) in [6.07, 6.45) is 0.243. The van der Waals surface area contributed by atoms with Gasteiger partial charge in [-0.3, -0.25) is 14.9 Å². The van der Waals surface area contributed by atoms with Crippen LogP contribution in [0.1, 0.15) is 28.4 Å². The number of anilines is 1. The Morgan fingerprint density at radius 2 is 1.64 bits per heavy atom. The third-order valence-electron chi connectivity index (χ3n) is 4.42. The first-order valence-corrected chi connectivity index (χ1v) is 8.80.